The molecule has 1 aliphatic heterocycles. The van der Waals surface area contributed by atoms with Gasteiger partial charge in [0.2, 0.25) is 0 Å². The van der Waals surface area contributed by atoms with Crippen molar-refractivity contribution in [1.82, 2.24) is 0 Å². The molecule has 1 aliphatic rings. The zero-order chi connectivity index (χ0) is 10.0. The number of furan rings is 1. The maximum atomic E-state index is 5.97. The molecule has 0 bridgehead atoms. The Hall–Kier alpha value is -0.583. The van der Waals surface area contributed by atoms with Crippen LogP contribution in [0.1, 0.15) is 12.8 Å². The Kier molecular flexibility index (Phi) is 2.76. The van der Waals surface area contributed by atoms with Gasteiger partial charge in [0.25, 0.3) is 8.32 Å². The van der Waals surface area contributed by atoms with Crippen LogP contribution in [-0.2, 0) is 9.16 Å². The third-order valence-electron chi connectivity index (χ3n) is 2.43. The highest BCUT2D eigenvalue weighted by Gasteiger charge is 2.33. The van der Waals surface area contributed by atoms with Gasteiger partial charge in [-0.3, -0.25) is 0 Å². The zero-order valence-corrected chi connectivity index (χ0v) is 9.66. The Balaban J connectivity index is 2.01. The number of rotatable bonds is 3. The lowest BCUT2D eigenvalue weighted by molar-refractivity contribution is -0.0442. The van der Waals surface area contributed by atoms with Gasteiger partial charge in [0.1, 0.15) is 11.7 Å². The lowest BCUT2D eigenvalue weighted by Crippen LogP contribution is -2.46. The first-order valence-corrected chi connectivity index (χ1v) is 7.93. The van der Waals surface area contributed by atoms with E-state index >= 15 is 0 Å². The average Bonchev–Trinajstić information content (AvgIpc) is 2.71. The molecule has 0 radical (unpaired) electrons. The summed E-state index contributed by atoms with van der Waals surface area (Å²) < 4.78 is 16.8. The molecule has 0 spiro atoms. The van der Waals surface area contributed by atoms with Crippen LogP contribution in [0.2, 0.25) is 13.1 Å². The standard InChI is InChI=1S/C10H16O3Si/c1-14(2,10-6-4-8-12-10)13-9-5-3-7-11-9/h4,6,8-9H,3,5,7H2,1-2H3. The van der Waals surface area contributed by atoms with Crippen molar-refractivity contribution in [1.29, 1.82) is 0 Å². The highest BCUT2D eigenvalue weighted by molar-refractivity contribution is 6.83. The third-order valence-corrected chi connectivity index (χ3v) is 4.75. The first kappa shape index (κ1) is 9.95. The van der Waals surface area contributed by atoms with Crippen LogP contribution in [0, 0.1) is 0 Å². The van der Waals surface area contributed by atoms with Crippen LogP contribution >= 0.6 is 0 Å². The molecule has 1 unspecified atom stereocenters. The molecule has 2 heterocycles. The maximum Gasteiger partial charge on any atom is 0.261 e. The lowest BCUT2D eigenvalue weighted by atomic mass is 10.4. The van der Waals surface area contributed by atoms with Gasteiger partial charge in [0.05, 0.1) is 6.26 Å². The molecule has 0 aromatic carbocycles. The minimum absolute atomic E-state index is 0.0123. The summed E-state index contributed by atoms with van der Waals surface area (Å²) in [7, 11) is -1.88. The topological polar surface area (TPSA) is 31.6 Å². The summed E-state index contributed by atoms with van der Waals surface area (Å²) >= 11 is 0. The van der Waals surface area contributed by atoms with E-state index < -0.39 is 8.32 Å². The smallest absolute Gasteiger partial charge is 0.261 e. The molecular formula is C10H16O3Si. The first-order chi connectivity index (χ1) is 6.68. The summed E-state index contributed by atoms with van der Waals surface area (Å²) in [6.45, 7) is 5.09. The molecule has 0 aliphatic carbocycles. The van der Waals surface area contributed by atoms with Gasteiger partial charge in [-0.15, -0.1) is 0 Å². The molecule has 0 N–H and O–H groups in total. The van der Waals surface area contributed by atoms with Crippen molar-refractivity contribution in [2.75, 3.05) is 6.61 Å². The molecule has 14 heavy (non-hydrogen) atoms. The van der Waals surface area contributed by atoms with E-state index in [0.29, 0.717) is 0 Å². The largest absolute Gasteiger partial charge is 0.471 e. The van der Waals surface area contributed by atoms with E-state index in [1.54, 1.807) is 6.26 Å². The van der Waals surface area contributed by atoms with Crippen molar-refractivity contribution in [2.24, 2.45) is 0 Å². The fourth-order valence-electron chi connectivity index (χ4n) is 1.65. The van der Waals surface area contributed by atoms with Crippen LogP contribution in [-0.4, -0.2) is 21.2 Å². The van der Waals surface area contributed by atoms with Crippen molar-refractivity contribution in [2.45, 2.75) is 32.2 Å². The van der Waals surface area contributed by atoms with Crippen molar-refractivity contribution in [3.8, 4) is 0 Å². The van der Waals surface area contributed by atoms with E-state index in [1.807, 2.05) is 12.1 Å². The first-order valence-electron chi connectivity index (χ1n) is 5.02. The van der Waals surface area contributed by atoms with Crippen molar-refractivity contribution >= 4 is 13.7 Å². The highest BCUT2D eigenvalue weighted by Crippen LogP contribution is 2.18. The van der Waals surface area contributed by atoms with Gasteiger partial charge in [-0.2, -0.15) is 0 Å². The summed E-state index contributed by atoms with van der Waals surface area (Å²) in [6.07, 6.45) is 3.80. The highest BCUT2D eigenvalue weighted by atomic mass is 28.4. The fraction of sp³-hybridized carbons (Fsp3) is 0.600. The Morgan fingerprint density at radius 2 is 2.36 bits per heavy atom. The third kappa shape index (κ3) is 2.08. The molecule has 78 valence electrons. The Labute approximate surface area is 85.1 Å². The van der Waals surface area contributed by atoms with Crippen molar-refractivity contribution < 1.29 is 13.6 Å². The van der Waals surface area contributed by atoms with Crippen LogP contribution in [0.5, 0.6) is 0 Å². The number of hydrogen-bond donors (Lipinski definition) is 0. The van der Waals surface area contributed by atoms with Crippen LogP contribution in [0.25, 0.3) is 0 Å². The molecule has 1 saturated heterocycles. The van der Waals surface area contributed by atoms with E-state index in [0.717, 1.165) is 24.8 Å². The van der Waals surface area contributed by atoms with Gasteiger partial charge in [-0.25, -0.2) is 0 Å². The number of ether oxygens (including phenoxy) is 1. The van der Waals surface area contributed by atoms with Crippen LogP contribution in [0.15, 0.2) is 22.8 Å². The van der Waals surface area contributed by atoms with Gasteiger partial charge < -0.3 is 13.6 Å². The summed E-state index contributed by atoms with van der Waals surface area (Å²) in [5.74, 6) is 0. The van der Waals surface area contributed by atoms with Gasteiger partial charge in [-0.1, -0.05) is 0 Å². The SMILES string of the molecule is C[Si](C)(OC1CCCO1)c1ccco1. The van der Waals surface area contributed by atoms with Crippen molar-refractivity contribution in [3.05, 3.63) is 18.4 Å². The fourth-order valence-corrected chi connectivity index (χ4v) is 3.46. The van der Waals surface area contributed by atoms with Crippen LogP contribution < -0.4 is 5.38 Å². The number of hydrogen-bond acceptors (Lipinski definition) is 3. The summed E-state index contributed by atoms with van der Waals surface area (Å²) in [5, 5.41) is 0.980. The maximum absolute atomic E-state index is 5.97. The van der Waals surface area contributed by atoms with E-state index in [1.165, 1.54) is 0 Å². The second-order valence-corrected chi connectivity index (χ2v) is 7.80. The van der Waals surface area contributed by atoms with Gasteiger partial charge in [0, 0.05) is 6.61 Å². The predicted molar refractivity (Wildman–Crippen MR) is 55.9 cm³/mol. The predicted octanol–water partition coefficient (Wildman–Crippen LogP) is 1.84. The molecule has 0 saturated carbocycles. The Bertz CT molecular complexity index is 276. The second-order valence-electron chi connectivity index (χ2n) is 4.05. The monoisotopic (exact) mass is 212 g/mol. The molecular weight excluding hydrogens is 196 g/mol. The van der Waals surface area contributed by atoms with E-state index in [9.17, 15) is 0 Å². The lowest BCUT2D eigenvalue weighted by Gasteiger charge is -2.24. The minimum Gasteiger partial charge on any atom is -0.471 e. The van der Waals surface area contributed by atoms with E-state index in [-0.39, 0.29) is 6.29 Å². The van der Waals surface area contributed by atoms with Crippen LogP contribution in [0.4, 0.5) is 0 Å². The molecule has 1 aromatic rings. The van der Waals surface area contributed by atoms with Gasteiger partial charge in [0.15, 0.2) is 0 Å². The van der Waals surface area contributed by atoms with Gasteiger partial charge in [-0.05, 0) is 38.1 Å². The summed E-state index contributed by atoms with van der Waals surface area (Å²) in [4.78, 5) is 0. The Morgan fingerprint density at radius 3 is 2.93 bits per heavy atom. The molecule has 4 heteroatoms. The van der Waals surface area contributed by atoms with Crippen molar-refractivity contribution in [3.63, 3.8) is 0 Å². The quantitative estimate of drug-likeness (QED) is 0.717. The Morgan fingerprint density at radius 1 is 1.50 bits per heavy atom. The van der Waals surface area contributed by atoms with Crippen LogP contribution in [0.3, 0.4) is 0 Å². The average molecular weight is 212 g/mol. The molecule has 1 aromatic heterocycles. The van der Waals surface area contributed by atoms with E-state index in [2.05, 4.69) is 13.1 Å². The molecule has 0 amide bonds. The molecule has 1 atom stereocenters. The van der Waals surface area contributed by atoms with Gasteiger partial charge >= 0.3 is 0 Å². The second kappa shape index (κ2) is 3.88. The molecule has 2 rings (SSSR count). The zero-order valence-electron chi connectivity index (χ0n) is 8.66. The summed E-state index contributed by atoms with van der Waals surface area (Å²) in [6, 6.07) is 3.89. The summed E-state index contributed by atoms with van der Waals surface area (Å²) in [5.41, 5.74) is 0. The molecule has 1 fully saturated rings. The minimum atomic E-state index is -1.88. The van der Waals surface area contributed by atoms with E-state index in [4.69, 9.17) is 13.6 Å². The molecule has 3 nitrogen and oxygen atoms in total. The normalized spacial score (nSPS) is 22.9.